The van der Waals surface area contributed by atoms with Crippen molar-refractivity contribution in [2.24, 2.45) is 5.73 Å². The van der Waals surface area contributed by atoms with Crippen molar-refractivity contribution in [1.29, 1.82) is 0 Å². The molecule has 0 saturated heterocycles. The second kappa shape index (κ2) is 5.02. The molecule has 0 aromatic heterocycles. The lowest BCUT2D eigenvalue weighted by Crippen LogP contribution is -2.39. The minimum Gasteiger partial charge on any atom is -0.325 e. The number of hydrogen-bond acceptors (Lipinski definition) is 2. The standard InChI is InChI=1S/C16H20N2O/c1-16(2,17)11-15(19)18(3)14-10-6-8-12-7-4-5-9-13(12)14/h4-10H,11,17H2,1-3H3. The van der Waals surface area contributed by atoms with Gasteiger partial charge in [-0.05, 0) is 25.3 Å². The van der Waals surface area contributed by atoms with E-state index >= 15 is 0 Å². The predicted molar refractivity (Wildman–Crippen MR) is 80.2 cm³/mol. The number of rotatable bonds is 3. The third-order valence-corrected chi connectivity index (χ3v) is 3.11. The van der Waals surface area contributed by atoms with Gasteiger partial charge in [0.25, 0.3) is 0 Å². The molecular formula is C16H20N2O. The zero-order valence-electron chi connectivity index (χ0n) is 11.7. The van der Waals surface area contributed by atoms with E-state index in [9.17, 15) is 4.79 Å². The minimum atomic E-state index is -0.490. The van der Waals surface area contributed by atoms with Gasteiger partial charge in [0.2, 0.25) is 5.91 Å². The molecule has 0 fully saturated rings. The number of nitrogens with two attached hydrogens (primary N) is 1. The molecule has 2 aromatic carbocycles. The number of nitrogens with zero attached hydrogens (tertiary/aromatic N) is 1. The van der Waals surface area contributed by atoms with Crippen molar-refractivity contribution < 1.29 is 4.79 Å². The topological polar surface area (TPSA) is 46.3 Å². The molecule has 2 aromatic rings. The smallest absolute Gasteiger partial charge is 0.228 e. The zero-order valence-corrected chi connectivity index (χ0v) is 11.7. The van der Waals surface area contributed by atoms with Gasteiger partial charge in [-0.25, -0.2) is 0 Å². The van der Waals surface area contributed by atoms with Gasteiger partial charge in [-0.1, -0.05) is 36.4 Å². The Hall–Kier alpha value is -1.87. The number of anilines is 1. The van der Waals surface area contributed by atoms with Crippen LogP contribution in [0.4, 0.5) is 5.69 Å². The largest absolute Gasteiger partial charge is 0.325 e. The van der Waals surface area contributed by atoms with Crippen molar-refractivity contribution in [3.63, 3.8) is 0 Å². The summed E-state index contributed by atoms with van der Waals surface area (Å²) in [5.74, 6) is 0.0313. The Morgan fingerprint density at radius 2 is 1.79 bits per heavy atom. The lowest BCUT2D eigenvalue weighted by molar-refractivity contribution is -0.119. The first kappa shape index (κ1) is 13.6. The maximum atomic E-state index is 12.2. The Labute approximate surface area is 114 Å². The monoisotopic (exact) mass is 256 g/mol. The highest BCUT2D eigenvalue weighted by molar-refractivity contribution is 6.03. The second-order valence-corrected chi connectivity index (χ2v) is 5.62. The fraction of sp³-hybridized carbons (Fsp3) is 0.312. The maximum Gasteiger partial charge on any atom is 0.228 e. The summed E-state index contributed by atoms with van der Waals surface area (Å²) in [7, 11) is 1.80. The highest BCUT2D eigenvalue weighted by atomic mass is 16.2. The molecule has 0 unspecified atom stereocenters. The van der Waals surface area contributed by atoms with Crippen LogP contribution in [0.25, 0.3) is 10.8 Å². The van der Waals surface area contributed by atoms with E-state index in [-0.39, 0.29) is 5.91 Å². The van der Waals surface area contributed by atoms with Gasteiger partial charge in [0.05, 0.1) is 5.69 Å². The number of carbonyl (C=O) groups excluding carboxylic acids is 1. The third kappa shape index (κ3) is 3.12. The van der Waals surface area contributed by atoms with E-state index in [1.165, 1.54) is 0 Å². The molecule has 0 bridgehead atoms. The van der Waals surface area contributed by atoms with Gasteiger partial charge in [-0.15, -0.1) is 0 Å². The fourth-order valence-electron chi connectivity index (χ4n) is 2.14. The molecule has 100 valence electrons. The van der Waals surface area contributed by atoms with Crippen LogP contribution in [0.2, 0.25) is 0 Å². The van der Waals surface area contributed by atoms with E-state index in [1.807, 2.05) is 56.3 Å². The van der Waals surface area contributed by atoms with Crippen molar-refractivity contribution in [3.05, 3.63) is 42.5 Å². The van der Waals surface area contributed by atoms with Crippen LogP contribution in [0, 0.1) is 0 Å². The van der Waals surface area contributed by atoms with Crippen LogP contribution in [-0.4, -0.2) is 18.5 Å². The predicted octanol–water partition coefficient (Wildman–Crippen LogP) is 2.93. The number of fused-ring (bicyclic) bond motifs is 1. The van der Waals surface area contributed by atoms with Crippen LogP contribution in [0.1, 0.15) is 20.3 Å². The molecular weight excluding hydrogens is 236 g/mol. The third-order valence-electron chi connectivity index (χ3n) is 3.11. The average Bonchev–Trinajstić information content (AvgIpc) is 2.35. The number of benzene rings is 2. The van der Waals surface area contributed by atoms with Gasteiger partial charge >= 0.3 is 0 Å². The van der Waals surface area contributed by atoms with Gasteiger partial charge in [0.15, 0.2) is 0 Å². The molecule has 2 N–H and O–H groups in total. The SMILES string of the molecule is CN(C(=O)CC(C)(C)N)c1cccc2ccccc12. The molecule has 0 spiro atoms. The molecule has 0 aliphatic heterocycles. The Balaban J connectivity index is 2.36. The normalized spacial score (nSPS) is 11.6. The Kier molecular flexibility index (Phi) is 3.58. The quantitative estimate of drug-likeness (QED) is 0.917. The summed E-state index contributed by atoms with van der Waals surface area (Å²) in [6, 6.07) is 14.0. The Bertz CT molecular complexity index is 594. The summed E-state index contributed by atoms with van der Waals surface area (Å²) in [5, 5.41) is 2.21. The van der Waals surface area contributed by atoms with Crippen molar-refractivity contribution >= 4 is 22.4 Å². The van der Waals surface area contributed by atoms with E-state index in [2.05, 4.69) is 0 Å². The summed E-state index contributed by atoms with van der Waals surface area (Å²) >= 11 is 0. The van der Waals surface area contributed by atoms with Crippen LogP contribution in [0.3, 0.4) is 0 Å². The van der Waals surface area contributed by atoms with Crippen molar-refractivity contribution in [2.45, 2.75) is 25.8 Å². The van der Waals surface area contributed by atoms with Crippen LogP contribution in [-0.2, 0) is 4.79 Å². The molecule has 3 heteroatoms. The summed E-state index contributed by atoms with van der Waals surface area (Å²) < 4.78 is 0. The second-order valence-electron chi connectivity index (χ2n) is 5.62. The highest BCUT2D eigenvalue weighted by Gasteiger charge is 2.21. The van der Waals surface area contributed by atoms with Gasteiger partial charge in [-0.3, -0.25) is 4.79 Å². The summed E-state index contributed by atoms with van der Waals surface area (Å²) in [4.78, 5) is 13.9. The molecule has 1 amide bonds. The first-order chi connectivity index (χ1) is 8.88. The summed E-state index contributed by atoms with van der Waals surface area (Å²) in [6.07, 6.45) is 0.326. The number of carbonyl (C=O) groups is 1. The average molecular weight is 256 g/mol. The van der Waals surface area contributed by atoms with Crippen LogP contribution < -0.4 is 10.6 Å². The van der Waals surface area contributed by atoms with Crippen molar-refractivity contribution in [3.8, 4) is 0 Å². The molecule has 0 atom stereocenters. The molecule has 19 heavy (non-hydrogen) atoms. The molecule has 2 rings (SSSR count). The van der Waals surface area contributed by atoms with Crippen LogP contribution in [0.5, 0.6) is 0 Å². The van der Waals surface area contributed by atoms with Crippen LogP contribution in [0.15, 0.2) is 42.5 Å². The highest BCUT2D eigenvalue weighted by Crippen LogP contribution is 2.26. The van der Waals surface area contributed by atoms with Crippen molar-refractivity contribution in [1.82, 2.24) is 0 Å². The molecule has 0 aliphatic rings. The van der Waals surface area contributed by atoms with E-state index in [4.69, 9.17) is 5.73 Å². The van der Waals surface area contributed by atoms with Gasteiger partial charge in [0, 0.05) is 24.4 Å². The minimum absolute atomic E-state index is 0.0313. The maximum absolute atomic E-state index is 12.2. The van der Waals surface area contributed by atoms with Gasteiger partial charge < -0.3 is 10.6 Å². The number of hydrogen-bond donors (Lipinski definition) is 1. The van der Waals surface area contributed by atoms with Crippen molar-refractivity contribution in [2.75, 3.05) is 11.9 Å². The van der Waals surface area contributed by atoms with E-state index in [0.29, 0.717) is 6.42 Å². The van der Waals surface area contributed by atoms with Crippen LogP contribution >= 0.6 is 0 Å². The first-order valence-corrected chi connectivity index (χ1v) is 6.42. The van der Waals surface area contributed by atoms with Gasteiger partial charge in [-0.2, -0.15) is 0 Å². The molecule has 0 radical (unpaired) electrons. The zero-order chi connectivity index (χ0) is 14.0. The summed E-state index contributed by atoms with van der Waals surface area (Å²) in [5.41, 5.74) is 6.35. The molecule has 0 aliphatic carbocycles. The molecule has 0 saturated carbocycles. The van der Waals surface area contributed by atoms with E-state index in [1.54, 1.807) is 11.9 Å². The molecule has 0 heterocycles. The lowest BCUT2D eigenvalue weighted by Gasteiger charge is -2.24. The van der Waals surface area contributed by atoms with E-state index < -0.39 is 5.54 Å². The first-order valence-electron chi connectivity index (χ1n) is 6.42. The Morgan fingerprint density at radius 3 is 2.47 bits per heavy atom. The molecule has 3 nitrogen and oxygen atoms in total. The number of amides is 1. The summed E-state index contributed by atoms with van der Waals surface area (Å²) in [6.45, 7) is 3.73. The lowest BCUT2D eigenvalue weighted by atomic mass is 10.0. The van der Waals surface area contributed by atoms with Gasteiger partial charge in [0.1, 0.15) is 0 Å². The van der Waals surface area contributed by atoms with E-state index in [0.717, 1.165) is 16.5 Å². The fourth-order valence-corrected chi connectivity index (χ4v) is 2.14. The Morgan fingerprint density at radius 1 is 1.16 bits per heavy atom.